The van der Waals surface area contributed by atoms with E-state index in [1.165, 1.54) is 5.69 Å². The molecule has 0 atom stereocenters. The fourth-order valence-electron chi connectivity index (χ4n) is 3.02. The molecular weight excluding hydrogens is 253 g/mol. The monoisotopic (exact) mass is 275 g/mol. The number of aromatic nitrogens is 1. The highest BCUT2D eigenvalue weighted by molar-refractivity contribution is 5.81. The predicted molar refractivity (Wildman–Crippen MR) is 80.3 cm³/mol. The topological polar surface area (TPSA) is 11.4 Å². The van der Waals surface area contributed by atoms with E-state index in [-0.39, 0.29) is 5.82 Å². The highest BCUT2D eigenvalue weighted by Crippen LogP contribution is 2.22. The van der Waals surface area contributed by atoms with Gasteiger partial charge in [-0.25, -0.2) is 4.39 Å². The van der Waals surface area contributed by atoms with Crippen molar-refractivity contribution >= 4 is 10.9 Å². The summed E-state index contributed by atoms with van der Waals surface area (Å²) in [7, 11) is 2.17. The molecule has 2 heterocycles. The summed E-state index contributed by atoms with van der Waals surface area (Å²) in [4.78, 5) is 4.85. The van der Waals surface area contributed by atoms with Crippen LogP contribution in [-0.4, -0.2) is 47.6 Å². The van der Waals surface area contributed by atoms with Crippen molar-refractivity contribution in [2.45, 2.75) is 20.0 Å². The molecule has 4 heteroatoms. The Morgan fingerprint density at radius 1 is 1.10 bits per heavy atom. The fourth-order valence-corrected chi connectivity index (χ4v) is 3.02. The SMILES string of the molecule is CCn1c(CN2CCN(C)CC2)cc2ccc(F)cc21. The van der Waals surface area contributed by atoms with Gasteiger partial charge in [0.05, 0.1) is 5.52 Å². The van der Waals surface area contributed by atoms with Crippen LogP contribution in [0.1, 0.15) is 12.6 Å². The van der Waals surface area contributed by atoms with Gasteiger partial charge in [0.25, 0.3) is 0 Å². The lowest BCUT2D eigenvalue weighted by Crippen LogP contribution is -2.44. The zero-order valence-corrected chi connectivity index (χ0v) is 12.3. The van der Waals surface area contributed by atoms with E-state index in [2.05, 4.69) is 34.4 Å². The molecule has 1 aromatic carbocycles. The molecule has 1 aliphatic heterocycles. The minimum absolute atomic E-state index is 0.156. The number of halogens is 1. The number of hydrogen-bond donors (Lipinski definition) is 0. The molecule has 3 rings (SSSR count). The standard InChI is InChI=1S/C16H22FN3/c1-3-20-15(12-19-8-6-18(2)7-9-19)10-13-4-5-14(17)11-16(13)20/h4-5,10-11H,3,6-9,12H2,1-2H3. The van der Waals surface area contributed by atoms with Crippen molar-refractivity contribution in [3.05, 3.63) is 35.8 Å². The molecule has 1 aromatic heterocycles. The van der Waals surface area contributed by atoms with Gasteiger partial charge in [-0.05, 0) is 38.2 Å². The second-order valence-electron chi connectivity index (χ2n) is 5.66. The molecule has 3 nitrogen and oxygen atoms in total. The van der Waals surface area contributed by atoms with E-state index < -0.39 is 0 Å². The molecule has 0 bridgehead atoms. The normalized spacial score (nSPS) is 17.9. The summed E-state index contributed by atoms with van der Waals surface area (Å²) >= 11 is 0. The van der Waals surface area contributed by atoms with Gasteiger partial charge in [0.15, 0.2) is 0 Å². The molecule has 0 N–H and O–H groups in total. The number of piperazine rings is 1. The van der Waals surface area contributed by atoms with Crippen molar-refractivity contribution < 1.29 is 4.39 Å². The first-order valence-electron chi connectivity index (χ1n) is 7.36. The zero-order chi connectivity index (χ0) is 14.1. The van der Waals surface area contributed by atoms with E-state index in [1.807, 2.05) is 6.07 Å². The Labute approximate surface area is 119 Å². The Bertz CT molecular complexity index is 597. The first-order chi connectivity index (χ1) is 9.67. The average Bonchev–Trinajstić information content (AvgIpc) is 2.78. The van der Waals surface area contributed by atoms with E-state index in [0.29, 0.717) is 0 Å². The fraction of sp³-hybridized carbons (Fsp3) is 0.500. The second kappa shape index (κ2) is 5.54. The van der Waals surface area contributed by atoms with Crippen molar-refractivity contribution in [2.75, 3.05) is 33.2 Å². The molecule has 1 aliphatic rings. The van der Waals surface area contributed by atoms with E-state index in [0.717, 1.165) is 50.2 Å². The Balaban J connectivity index is 1.87. The smallest absolute Gasteiger partial charge is 0.125 e. The highest BCUT2D eigenvalue weighted by atomic mass is 19.1. The van der Waals surface area contributed by atoms with Gasteiger partial charge in [0.1, 0.15) is 5.82 Å². The van der Waals surface area contributed by atoms with Crippen LogP contribution in [0.2, 0.25) is 0 Å². The van der Waals surface area contributed by atoms with Crippen LogP contribution < -0.4 is 0 Å². The van der Waals surface area contributed by atoms with Gasteiger partial charge in [0.2, 0.25) is 0 Å². The Morgan fingerprint density at radius 2 is 1.85 bits per heavy atom. The minimum Gasteiger partial charge on any atom is -0.344 e. The highest BCUT2D eigenvalue weighted by Gasteiger charge is 2.16. The molecular formula is C16H22FN3. The number of aryl methyl sites for hydroxylation is 1. The molecule has 0 spiro atoms. The van der Waals surface area contributed by atoms with Crippen molar-refractivity contribution in [1.29, 1.82) is 0 Å². The molecule has 1 saturated heterocycles. The predicted octanol–water partition coefficient (Wildman–Crippen LogP) is 2.55. The number of nitrogens with zero attached hydrogens (tertiary/aromatic N) is 3. The van der Waals surface area contributed by atoms with E-state index in [4.69, 9.17) is 0 Å². The van der Waals surface area contributed by atoms with Crippen molar-refractivity contribution in [1.82, 2.24) is 14.4 Å². The van der Waals surface area contributed by atoms with Crippen LogP contribution in [0.4, 0.5) is 4.39 Å². The average molecular weight is 275 g/mol. The summed E-state index contributed by atoms with van der Waals surface area (Å²) in [5.74, 6) is -0.156. The number of hydrogen-bond acceptors (Lipinski definition) is 2. The summed E-state index contributed by atoms with van der Waals surface area (Å²) in [6.45, 7) is 8.43. The van der Waals surface area contributed by atoms with Crippen molar-refractivity contribution in [2.24, 2.45) is 0 Å². The van der Waals surface area contributed by atoms with Crippen LogP contribution in [0.3, 0.4) is 0 Å². The second-order valence-corrected chi connectivity index (χ2v) is 5.66. The number of likely N-dealkylation sites (N-methyl/N-ethyl adjacent to an activating group) is 1. The van der Waals surface area contributed by atoms with Gasteiger partial charge in [-0.3, -0.25) is 4.90 Å². The van der Waals surface area contributed by atoms with Gasteiger partial charge in [-0.1, -0.05) is 0 Å². The number of fused-ring (bicyclic) bond motifs is 1. The zero-order valence-electron chi connectivity index (χ0n) is 12.3. The molecule has 0 unspecified atom stereocenters. The molecule has 2 aromatic rings. The Morgan fingerprint density at radius 3 is 2.55 bits per heavy atom. The minimum atomic E-state index is -0.156. The maximum atomic E-state index is 13.4. The lowest BCUT2D eigenvalue weighted by molar-refractivity contribution is 0.146. The molecule has 0 amide bonds. The Kier molecular flexibility index (Phi) is 3.76. The summed E-state index contributed by atoms with van der Waals surface area (Å²) < 4.78 is 15.7. The summed E-state index contributed by atoms with van der Waals surface area (Å²) in [6.07, 6.45) is 0. The molecule has 0 saturated carbocycles. The van der Waals surface area contributed by atoms with Crippen molar-refractivity contribution in [3.63, 3.8) is 0 Å². The molecule has 20 heavy (non-hydrogen) atoms. The van der Waals surface area contributed by atoms with E-state index in [1.54, 1.807) is 12.1 Å². The third kappa shape index (κ3) is 2.58. The molecule has 0 aliphatic carbocycles. The third-order valence-electron chi connectivity index (χ3n) is 4.25. The van der Waals surface area contributed by atoms with Crippen LogP contribution in [0, 0.1) is 5.82 Å². The van der Waals surface area contributed by atoms with Crippen LogP contribution in [-0.2, 0) is 13.1 Å². The Hall–Kier alpha value is -1.39. The number of rotatable bonds is 3. The van der Waals surface area contributed by atoms with E-state index in [9.17, 15) is 4.39 Å². The molecule has 0 radical (unpaired) electrons. The van der Waals surface area contributed by atoms with Gasteiger partial charge in [-0.2, -0.15) is 0 Å². The van der Waals surface area contributed by atoms with Gasteiger partial charge < -0.3 is 9.47 Å². The quantitative estimate of drug-likeness (QED) is 0.853. The lowest BCUT2D eigenvalue weighted by Gasteiger charge is -2.32. The van der Waals surface area contributed by atoms with E-state index >= 15 is 0 Å². The van der Waals surface area contributed by atoms with Crippen LogP contribution in [0.5, 0.6) is 0 Å². The third-order valence-corrected chi connectivity index (χ3v) is 4.25. The van der Waals surface area contributed by atoms with Crippen LogP contribution >= 0.6 is 0 Å². The maximum absolute atomic E-state index is 13.4. The largest absolute Gasteiger partial charge is 0.344 e. The van der Waals surface area contributed by atoms with Gasteiger partial charge in [-0.15, -0.1) is 0 Å². The van der Waals surface area contributed by atoms with Crippen molar-refractivity contribution in [3.8, 4) is 0 Å². The molecule has 1 fully saturated rings. The lowest BCUT2D eigenvalue weighted by atomic mass is 10.2. The van der Waals surface area contributed by atoms with Gasteiger partial charge >= 0.3 is 0 Å². The first kappa shape index (κ1) is 13.6. The summed E-state index contributed by atoms with van der Waals surface area (Å²) in [5.41, 5.74) is 2.30. The van der Waals surface area contributed by atoms with Gasteiger partial charge in [0, 0.05) is 50.3 Å². The summed E-state index contributed by atoms with van der Waals surface area (Å²) in [6, 6.07) is 7.27. The van der Waals surface area contributed by atoms with Crippen LogP contribution in [0.25, 0.3) is 10.9 Å². The number of benzene rings is 1. The van der Waals surface area contributed by atoms with Crippen LogP contribution in [0.15, 0.2) is 24.3 Å². The summed E-state index contributed by atoms with van der Waals surface area (Å²) in [5, 5.41) is 1.14. The maximum Gasteiger partial charge on any atom is 0.125 e. The first-order valence-corrected chi connectivity index (χ1v) is 7.36. The molecule has 108 valence electrons.